The largest absolute Gasteiger partial charge is 0.392 e. The van der Waals surface area contributed by atoms with Crippen molar-refractivity contribution in [2.45, 2.75) is 40.0 Å². The van der Waals surface area contributed by atoms with E-state index in [0.717, 1.165) is 17.9 Å². The molecule has 0 rings (SSSR count). The molecule has 0 aromatic carbocycles. The molecular formula is C12H22O. The second kappa shape index (κ2) is 8.06. The van der Waals surface area contributed by atoms with Gasteiger partial charge in [0.25, 0.3) is 0 Å². The summed E-state index contributed by atoms with van der Waals surface area (Å²) in [5, 5.41) is 8.72. The predicted molar refractivity (Wildman–Crippen MR) is 58.7 cm³/mol. The molecule has 0 aromatic rings. The second-order valence-electron chi connectivity index (χ2n) is 3.69. The maximum atomic E-state index is 8.72. The van der Waals surface area contributed by atoms with Crippen molar-refractivity contribution in [1.29, 1.82) is 0 Å². The van der Waals surface area contributed by atoms with Crippen molar-refractivity contribution in [3.8, 4) is 0 Å². The lowest BCUT2D eigenvalue weighted by Crippen LogP contribution is -1.89. The molecule has 0 radical (unpaired) electrons. The van der Waals surface area contributed by atoms with Crippen LogP contribution in [0.5, 0.6) is 0 Å². The highest BCUT2D eigenvalue weighted by Crippen LogP contribution is 2.09. The molecule has 13 heavy (non-hydrogen) atoms. The van der Waals surface area contributed by atoms with Crippen LogP contribution in [0.25, 0.3) is 0 Å². The molecule has 0 saturated heterocycles. The Morgan fingerprint density at radius 2 is 2.15 bits per heavy atom. The van der Waals surface area contributed by atoms with Crippen LogP contribution in [0.4, 0.5) is 0 Å². The maximum Gasteiger partial charge on any atom is 0.0642 e. The Kier molecular flexibility index (Phi) is 7.71. The number of aliphatic hydroxyl groups is 1. The van der Waals surface area contributed by atoms with E-state index in [-0.39, 0.29) is 6.61 Å². The minimum absolute atomic E-state index is 0.162. The van der Waals surface area contributed by atoms with Gasteiger partial charge in [0, 0.05) is 0 Å². The minimum Gasteiger partial charge on any atom is -0.392 e. The third-order valence-corrected chi connectivity index (χ3v) is 2.29. The van der Waals surface area contributed by atoms with Crippen LogP contribution < -0.4 is 0 Å². The summed E-state index contributed by atoms with van der Waals surface area (Å²) in [5.41, 5.74) is 1.01. The minimum atomic E-state index is 0.162. The van der Waals surface area contributed by atoms with Crippen molar-refractivity contribution in [3.05, 3.63) is 23.8 Å². The number of hydrogen-bond donors (Lipinski definition) is 1. The van der Waals surface area contributed by atoms with Crippen molar-refractivity contribution in [2.75, 3.05) is 6.61 Å². The molecule has 1 atom stereocenters. The fourth-order valence-electron chi connectivity index (χ4n) is 0.966. The summed E-state index contributed by atoms with van der Waals surface area (Å²) in [7, 11) is 0. The van der Waals surface area contributed by atoms with Crippen molar-refractivity contribution in [3.63, 3.8) is 0 Å². The van der Waals surface area contributed by atoms with Crippen LogP contribution in [-0.4, -0.2) is 11.7 Å². The molecule has 0 aromatic heterocycles. The van der Waals surface area contributed by atoms with Gasteiger partial charge in [-0.3, -0.25) is 0 Å². The lowest BCUT2D eigenvalue weighted by Gasteiger charge is -2.03. The molecule has 1 N–H and O–H groups in total. The van der Waals surface area contributed by atoms with Crippen LogP contribution in [0.1, 0.15) is 40.0 Å². The molecular weight excluding hydrogens is 160 g/mol. The van der Waals surface area contributed by atoms with Gasteiger partial charge in [0.2, 0.25) is 0 Å². The molecule has 0 unspecified atom stereocenters. The fraction of sp³-hybridized carbons (Fsp3) is 0.667. The van der Waals surface area contributed by atoms with Gasteiger partial charge in [-0.2, -0.15) is 0 Å². The van der Waals surface area contributed by atoms with E-state index >= 15 is 0 Å². The molecule has 1 nitrogen and oxygen atoms in total. The van der Waals surface area contributed by atoms with Gasteiger partial charge in [-0.05, 0) is 31.3 Å². The first kappa shape index (κ1) is 12.4. The Bertz CT molecular complexity index is 168. The average Bonchev–Trinajstić information content (AvgIpc) is 2.16. The van der Waals surface area contributed by atoms with Crippen molar-refractivity contribution >= 4 is 0 Å². The fourth-order valence-corrected chi connectivity index (χ4v) is 0.966. The average molecular weight is 182 g/mol. The van der Waals surface area contributed by atoms with Gasteiger partial charge >= 0.3 is 0 Å². The lowest BCUT2D eigenvalue weighted by atomic mass is 10.0. The van der Waals surface area contributed by atoms with Gasteiger partial charge in [-0.1, -0.05) is 38.5 Å². The predicted octanol–water partition coefficient (Wildman–Crippen LogP) is 3.31. The third kappa shape index (κ3) is 7.79. The van der Waals surface area contributed by atoms with E-state index < -0.39 is 0 Å². The highest BCUT2D eigenvalue weighted by atomic mass is 16.3. The quantitative estimate of drug-likeness (QED) is 0.625. The lowest BCUT2D eigenvalue weighted by molar-refractivity contribution is 0.331. The van der Waals surface area contributed by atoms with Crippen molar-refractivity contribution in [1.82, 2.24) is 0 Å². The van der Waals surface area contributed by atoms with Crippen molar-refractivity contribution in [2.24, 2.45) is 5.92 Å². The smallest absolute Gasteiger partial charge is 0.0642 e. The Labute approximate surface area is 82.2 Å². The van der Waals surface area contributed by atoms with Crippen LogP contribution in [0, 0.1) is 5.92 Å². The van der Waals surface area contributed by atoms with Gasteiger partial charge in [-0.15, -0.1) is 0 Å². The summed E-state index contributed by atoms with van der Waals surface area (Å²) in [4.78, 5) is 0. The Morgan fingerprint density at radius 3 is 2.69 bits per heavy atom. The zero-order valence-electron chi connectivity index (χ0n) is 9.09. The van der Waals surface area contributed by atoms with E-state index in [1.165, 1.54) is 12.8 Å². The third-order valence-electron chi connectivity index (χ3n) is 2.29. The highest BCUT2D eigenvalue weighted by molar-refractivity contribution is 5.10. The summed E-state index contributed by atoms with van der Waals surface area (Å²) in [5.74, 6) is 0.826. The number of hydrogen-bond acceptors (Lipinski definition) is 1. The normalized spacial score (nSPS) is 15.2. The number of rotatable bonds is 6. The van der Waals surface area contributed by atoms with Gasteiger partial charge in [0.1, 0.15) is 0 Å². The van der Waals surface area contributed by atoms with E-state index in [4.69, 9.17) is 5.11 Å². The first-order chi connectivity index (χ1) is 6.20. The zero-order valence-corrected chi connectivity index (χ0v) is 9.09. The SMILES string of the molecule is CC[C@H](C)CC/C=C/C=C(\C)CO. The van der Waals surface area contributed by atoms with Crippen molar-refractivity contribution < 1.29 is 5.11 Å². The molecule has 0 aliphatic heterocycles. The van der Waals surface area contributed by atoms with Gasteiger partial charge in [-0.25, -0.2) is 0 Å². The topological polar surface area (TPSA) is 20.2 Å². The van der Waals surface area contributed by atoms with Gasteiger partial charge in [0.15, 0.2) is 0 Å². The summed E-state index contributed by atoms with van der Waals surface area (Å²) >= 11 is 0. The zero-order chi connectivity index (χ0) is 10.1. The molecule has 0 spiro atoms. The Hall–Kier alpha value is -0.560. The standard InChI is InChI=1S/C12H22O/c1-4-11(2)8-6-5-7-9-12(3)10-13/h5,7,9,11,13H,4,6,8,10H2,1-3H3/b7-5+,12-9+/t11-/m0/s1. The first-order valence-electron chi connectivity index (χ1n) is 5.13. The number of aliphatic hydroxyl groups excluding tert-OH is 1. The highest BCUT2D eigenvalue weighted by Gasteiger charge is 1.94. The van der Waals surface area contributed by atoms with E-state index in [1.54, 1.807) is 0 Å². The van der Waals surface area contributed by atoms with Gasteiger partial charge < -0.3 is 5.11 Å². The molecule has 0 heterocycles. The molecule has 0 fully saturated rings. The van der Waals surface area contributed by atoms with Crippen LogP contribution >= 0.6 is 0 Å². The van der Waals surface area contributed by atoms with E-state index in [9.17, 15) is 0 Å². The second-order valence-corrected chi connectivity index (χ2v) is 3.69. The van der Waals surface area contributed by atoms with Gasteiger partial charge in [0.05, 0.1) is 6.61 Å². The van der Waals surface area contributed by atoms with Crippen LogP contribution in [-0.2, 0) is 0 Å². The maximum absolute atomic E-state index is 8.72. The summed E-state index contributed by atoms with van der Waals surface area (Å²) in [6, 6.07) is 0. The molecule has 1 heteroatoms. The Balaban J connectivity index is 3.52. The first-order valence-corrected chi connectivity index (χ1v) is 5.13. The van der Waals surface area contributed by atoms with Crippen LogP contribution in [0.3, 0.4) is 0 Å². The molecule has 0 aliphatic carbocycles. The monoisotopic (exact) mass is 182 g/mol. The summed E-state index contributed by atoms with van der Waals surface area (Å²) in [6.07, 6.45) is 9.85. The Morgan fingerprint density at radius 1 is 1.46 bits per heavy atom. The van der Waals surface area contributed by atoms with E-state index in [2.05, 4.69) is 19.9 Å². The molecule has 0 aliphatic rings. The van der Waals surface area contributed by atoms with E-state index in [1.807, 2.05) is 19.1 Å². The van der Waals surface area contributed by atoms with Crippen LogP contribution in [0.15, 0.2) is 23.8 Å². The molecule has 0 amide bonds. The van der Waals surface area contributed by atoms with E-state index in [0.29, 0.717) is 0 Å². The van der Waals surface area contributed by atoms with Crippen LogP contribution in [0.2, 0.25) is 0 Å². The number of allylic oxidation sites excluding steroid dienone is 3. The molecule has 76 valence electrons. The molecule has 0 bridgehead atoms. The molecule has 0 saturated carbocycles. The summed E-state index contributed by atoms with van der Waals surface area (Å²) in [6.45, 7) is 6.60. The summed E-state index contributed by atoms with van der Waals surface area (Å²) < 4.78 is 0.